The number of nitrogens with zero attached hydrogens (tertiary/aromatic N) is 2. The number of hydrogen-bond donors (Lipinski definition) is 1. The van der Waals surface area contributed by atoms with Gasteiger partial charge in [-0.2, -0.15) is 5.10 Å². The number of ether oxygens (including phenoxy) is 1. The quantitative estimate of drug-likeness (QED) is 0.198. The fourth-order valence-electron chi connectivity index (χ4n) is 3.29. The van der Waals surface area contributed by atoms with Gasteiger partial charge in [0, 0.05) is 16.7 Å². The van der Waals surface area contributed by atoms with E-state index in [0.29, 0.717) is 0 Å². The number of hydrogen-bond acceptors (Lipinski definition) is 5. The van der Waals surface area contributed by atoms with Crippen molar-refractivity contribution in [2.24, 2.45) is 5.10 Å². The average molecular weight is 434 g/mol. The normalized spacial score (nSPS) is 11.1. The van der Waals surface area contributed by atoms with E-state index in [0.717, 1.165) is 27.1 Å². The van der Waals surface area contributed by atoms with Crippen LogP contribution in [0, 0.1) is 10.1 Å². The molecule has 0 heterocycles. The first-order valence-electron chi connectivity index (χ1n) is 9.32. The predicted octanol–water partition coefficient (Wildman–Crippen LogP) is 5.08. The summed E-state index contributed by atoms with van der Waals surface area (Å²) in [6, 6.07) is 21.9. The maximum Gasteiger partial charge on any atom is 0.312 e. The molecule has 31 heavy (non-hydrogen) atoms. The van der Waals surface area contributed by atoms with Gasteiger partial charge in [-0.25, -0.2) is 5.43 Å². The summed E-state index contributed by atoms with van der Waals surface area (Å²) in [6.45, 7) is -0.434. The highest BCUT2D eigenvalue weighted by molar-refractivity contribution is 6.30. The summed E-state index contributed by atoms with van der Waals surface area (Å²) >= 11 is 5.77. The van der Waals surface area contributed by atoms with Crippen LogP contribution in [0.2, 0.25) is 5.02 Å². The second-order valence-corrected chi connectivity index (χ2v) is 7.12. The van der Waals surface area contributed by atoms with Crippen molar-refractivity contribution in [3.05, 3.63) is 93.5 Å². The van der Waals surface area contributed by atoms with Crippen LogP contribution in [-0.4, -0.2) is 23.7 Å². The summed E-state index contributed by atoms with van der Waals surface area (Å²) in [5.41, 5.74) is 2.96. The Morgan fingerprint density at radius 3 is 2.32 bits per heavy atom. The first kappa shape index (κ1) is 20.3. The molecular weight excluding hydrogens is 418 g/mol. The fraction of sp³-hybridized carbons (Fsp3) is 0.0435. The zero-order chi connectivity index (χ0) is 21.8. The first-order chi connectivity index (χ1) is 15.0. The molecule has 0 saturated carbocycles. The Hall–Kier alpha value is -3.97. The molecule has 0 aliphatic heterocycles. The number of rotatable bonds is 6. The second kappa shape index (κ2) is 8.81. The maximum absolute atomic E-state index is 12.1. The monoisotopic (exact) mass is 433 g/mol. The molecule has 0 fully saturated rings. The predicted molar refractivity (Wildman–Crippen MR) is 121 cm³/mol. The highest BCUT2D eigenvalue weighted by atomic mass is 35.5. The SMILES string of the molecule is O=C(COc1ccc(Cl)cc1[N+](=O)[O-])N/N=C/c1c2ccccc2cc2ccccc12. The molecule has 7 nitrogen and oxygen atoms in total. The molecule has 0 spiro atoms. The molecule has 4 aromatic carbocycles. The van der Waals surface area contributed by atoms with Crippen molar-refractivity contribution in [2.45, 2.75) is 0 Å². The van der Waals surface area contributed by atoms with Gasteiger partial charge in [-0.05, 0) is 39.7 Å². The standard InChI is InChI=1S/C23H16ClN3O4/c24-17-9-10-22(21(12-17)27(29)30)31-14-23(28)26-25-13-20-18-7-3-1-5-15(18)11-16-6-2-4-8-19(16)20/h1-13H,14H2,(H,26,28)/b25-13+. The maximum atomic E-state index is 12.1. The van der Waals surface area contributed by atoms with E-state index in [9.17, 15) is 14.9 Å². The van der Waals surface area contributed by atoms with E-state index in [2.05, 4.69) is 16.6 Å². The smallest absolute Gasteiger partial charge is 0.312 e. The zero-order valence-electron chi connectivity index (χ0n) is 16.1. The average Bonchev–Trinajstić information content (AvgIpc) is 2.77. The molecule has 0 unspecified atom stereocenters. The second-order valence-electron chi connectivity index (χ2n) is 6.68. The summed E-state index contributed by atoms with van der Waals surface area (Å²) in [7, 11) is 0. The summed E-state index contributed by atoms with van der Waals surface area (Å²) < 4.78 is 5.27. The first-order valence-corrected chi connectivity index (χ1v) is 9.70. The molecular formula is C23H16ClN3O4. The molecule has 4 aromatic rings. The number of nitro benzene ring substituents is 1. The fourth-order valence-corrected chi connectivity index (χ4v) is 3.45. The third-order valence-electron chi connectivity index (χ3n) is 4.67. The summed E-state index contributed by atoms with van der Waals surface area (Å²) in [5, 5.41) is 19.5. The largest absolute Gasteiger partial charge is 0.477 e. The Morgan fingerprint density at radius 1 is 1.03 bits per heavy atom. The molecule has 0 aromatic heterocycles. The minimum atomic E-state index is -0.622. The van der Waals surface area contributed by atoms with Gasteiger partial charge in [-0.1, -0.05) is 60.1 Å². The summed E-state index contributed by atoms with van der Waals surface area (Å²) in [6.07, 6.45) is 1.59. The molecule has 154 valence electrons. The van der Waals surface area contributed by atoms with E-state index in [4.69, 9.17) is 16.3 Å². The van der Waals surface area contributed by atoms with Crippen molar-refractivity contribution in [2.75, 3.05) is 6.61 Å². The number of carbonyl (C=O) groups excluding carboxylic acids is 1. The van der Waals surface area contributed by atoms with Crippen LogP contribution in [-0.2, 0) is 4.79 Å². The molecule has 1 N–H and O–H groups in total. The van der Waals surface area contributed by atoms with Crippen LogP contribution < -0.4 is 10.2 Å². The van der Waals surface area contributed by atoms with Gasteiger partial charge in [0.25, 0.3) is 5.91 Å². The van der Waals surface area contributed by atoms with Gasteiger partial charge in [0.1, 0.15) is 0 Å². The third-order valence-corrected chi connectivity index (χ3v) is 4.91. The third kappa shape index (κ3) is 4.46. The van der Waals surface area contributed by atoms with Crippen molar-refractivity contribution in [3.63, 3.8) is 0 Å². The Kier molecular flexibility index (Phi) is 5.77. The molecule has 0 aliphatic carbocycles. The minimum absolute atomic E-state index is 0.0476. The molecule has 0 aliphatic rings. The van der Waals surface area contributed by atoms with Crippen molar-refractivity contribution in [1.82, 2.24) is 5.43 Å². The van der Waals surface area contributed by atoms with E-state index >= 15 is 0 Å². The van der Waals surface area contributed by atoms with Crippen LogP contribution in [0.3, 0.4) is 0 Å². The number of amides is 1. The number of fused-ring (bicyclic) bond motifs is 2. The van der Waals surface area contributed by atoms with Gasteiger partial charge in [0.15, 0.2) is 12.4 Å². The number of carbonyl (C=O) groups is 1. The highest BCUT2D eigenvalue weighted by Gasteiger charge is 2.16. The summed E-state index contributed by atoms with van der Waals surface area (Å²) in [4.78, 5) is 22.6. The number of halogens is 1. The number of benzene rings is 4. The van der Waals surface area contributed by atoms with Gasteiger partial charge < -0.3 is 4.74 Å². The molecule has 0 radical (unpaired) electrons. The molecule has 1 amide bonds. The van der Waals surface area contributed by atoms with Crippen molar-refractivity contribution >= 4 is 51.0 Å². The lowest BCUT2D eigenvalue weighted by atomic mass is 9.97. The van der Waals surface area contributed by atoms with Gasteiger partial charge in [0.2, 0.25) is 0 Å². The lowest BCUT2D eigenvalue weighted by molar-refractivity contribution is -0.385. The van der Waals surface area contributed by atoms with E-state index in [1.165, 1.54) is 18.2 Å². The molecule has 0 bridgehead atoms. The van der Waals surface area contributed by atoms with Crippen LogP contribution in [0.25, 0.3) is 21.5 Å². The van der Waals surface area contributed by atoms with Crippen LogP contribution in [0.4, 0.5) is 5.69 Å². The van der Waals surface area contributed by atoms with Crippen LogP contribution in [0.1, 0.15) is 5.56 Å². The van der Waals surface area contributed by atoms with Gasteiger partial charge in [-0.15, -0.1) is 0 Å². The van der Waals surface area contributed by atoms with E-state index in [-0.39, 0.29) is 16.5 Å². The van der Waals surface area contributed by atoms with Gasteiger partial charge in [-0.3, -0.25) is 14.9 Å². The Morgan fingerprint density at radius 2 is 1.68 bits per heavy atom. The topological polar surface area (TPSA) is 93.8 Å². The van der Waals surface area contributed by atoms with E-state index in [1.54, 1.807) is 6.21 Å². The Labute approximate surface area is 182 Å². The summed E-state index contributed by atoms with van der Waals surface area (Å²) in [5.74, 6) is -0.599. The van der Waals surface area contributed by atoms with Crippen molar-refractivity contribution < 1.29 is 14.5 Å². The van der Waals surface area contributed by atoms with Gasteiger partial charge >= 0.3 is 5.69 Å². The Balaban J connectivity index is 1.51. The van der Waals surface area contributed by atoms with E-state index < -0.39 is 17.4 Å². The minimum Gasteiger partial charge on any atom is -0.477 e. The molecule has 0 saturated heterocycles. The Bertz CT molecular complexity index is 1280. The number of nitrogens with one attached hydrogen (secondary N) is 1. The van der Waals surface area contributed by atoms with Crippen LogP contribution in [0.15, 0.2) is 77.9 Å². The number of hydrazone groups is 1. The lowest BCUT2D eigenvalue weighted by Gasteiger charge is -2.08. The molecule has 4 rings (SSSR count). The number of nitro groups is 1. The highest BCUT2D eigenvalue weighted by Crippen LogP contribution is 2.30. The van der Waals surface area contributed by atoms with E-state index in [1.807, 2.05) is 48.5 Å². The zero-order valence-corrected chi connectivity index (χ0v) is 16.9. The van der Waals surface area contributed by atoms with Crippen molar-refractivity contribution in [3.8, 4) is 5.75 Å². The molecule has 0 atom stereocenters. The molecule has 8 heteroatoms. The lowest BCUT2D eigenvalue weighted by Crippen LogP contribution is -2.24. The van der Waals surface area contributed by atoms with Crippen LogP contribution >= 0.6 is 11.6 Å². The van der Waals surface area contributed by atoms with Crippen molar-refractivity contribution in [1.29, 1.82) is 0 Å². The van der Waals surface area contributed by atoms with Crippen LogP contribution in [0.5, 0.6) is 5.75 Å². The van der Waals surface area contributed by atoms with Gasteiger partial charge in [0.05, 0.1) is 11.1 Å².